The Morgan fingerprint density at radius 1 is 1.00 bits per heavy atom. The number of piperazine rings is 1. The molecule has 1 aliphatic rings. The zero-order chi connectivity index (χ0) is 16.8. The minimum Gasteiger partial charge on any atom is -0.339 e. The molecule has 1 saturated heterocycles. The Morgan fingerprint density at radius 2 is 1.57 bits per heavy atom. The van der Waals surface area contributed by atoms with E-state index in [1.165, 1.54) is 0 Å². The third-order valence-corrected chi connectivity index (χ3v) is 3.95. The first-order chi connectivity index (χ1) is 11.0. The molecular formula is C16H22N4O3. The third-order valence-electron chi connectivity index (χ3n) is 3.95. The van der Waals surface area contributed by atoms with Crippen molar-refractivity contribution in [2.24, 2.45) is 5.84 Å². The van der Waals surface area contributed by atoms with Crippen LogP contribution in [0.2, 0.25) is 0 Å². The fraction of sp³-hybridized carbons (Fsp3) is 0.438. The molecule has 0 aromatic heterocycles. The van der Waals surface area contributed by atoms with E-state index in [0.29, 0.717) is 31.7 Å². The predicted octanol–water partition coefficient (Wildman–Crippen LogP) is 0.0495. The van der Waals surface area contributed by atoms with Crippen molar-refractivity contribution in [1.29, 1.82) is 0 Å². The average Bonchev–Trinajstić information content (AvgIpc) is 2.59. The van der Waals surface area contributed by atoms with E-state index in [1.54, 1.807) is 9.80 Å². The summed E-state index contributed by atoms with van der Waals surface area (Å²) in [6, 6.07) is 7.46. The molecule has 0 bridgehead atoms. The van der Waals surface area contributed by atoms with Crippen LogP contribution in [0.3, 0.4) is 0 Å². The Labute approximate surface area is 135 Å². The lowest BCUT2D eigenvalue weighted by Crippen LogP contribution is -2.50. The van der Waals surface area contributed by atoms with Gasteiger partial charge < -0.3 is 9.80 Å². The van der Waals surface area contributed by atoms with Crippen molar-refractivity contribution >= 4 is 17.7 Å². The maximum absolute atomic E-state index is 12.4. The first-order valence-electron chi connectivity index (χ1n) is 7.64. The van der Waals surface area contributed by atoms with E-state index in [0.717, 1.165) is 5.56 Å². The quantitative estimate of drug-likeness (QED) is 0.466. The number of benzene rings is 1. The molecule has 1 heterocycles. The Kier molecular flexibility index (Phi) is 5.70. The van der Waals surface area contributed by atoms with Gasteiger partial charge in [0.05, 0.1) is 0 Å². The monoisotopic (exact) mass is 318 g/mol. The Balaban J connectivity index is 1.83. The van der Waals surface area contributed by atoms with Gasteiger partial charge in [0.2, 0.25) is 11.8 Å². The molecule has 1 aromatic carbocycles. The lowest BCUT2D eigenvalue weighted by molar-refractivity contribution is -0.134. The molecule has 0 aliphatic carbocycles. The van der Waals surface area contributed by atoms with Gasteiger partial charge in [0.1, 0.15) is 0 Å². The number of nitrogens with one attached hydrogen (secondary N) is 1. The number of hydrogen-bond acceptors (Lipinski definition) is 4. The molecule has 1 aliphatic heterocycles. The summed E-state index contributed by atoms with van der Waals surface area (Å²) in [5, 5.41) is 0. The van der Waals surface area contributed by atoms with Crippen molar-refractivity contribution in [2.45, 2.75) is 19.8 Å². The molecule has 2 rings (SSSR count). The van der Waals surface area contributed by atoms with Gasteiger partial charge in [0.25, 0.3) is 5.91 Å². The molecule has 0 saturated carbocycles. The predicted molar refractivity (Wildman–Crippen MR) is 85.2 cm³/mol. The van der Waals surface area contributed by atoms with E-state index in [4.69, 9.17) is 5.84 Å². The molecular weight excluding hydrogens is 296 g/mol. The maximum atomic E-state index is 12.4. The fourth-order valence-electron chi connectivity index (χ4n) is 2.49. The van der Waals surface area contributed by atoms with Gasteiger partial charge in [-0.25, -0.2) is 5.84 Å². The van der Waals surface area contributed by atoms with Gasteiger partial charge in [-0.15, -0.1) is 0 Å². The topological polar surface area (TPSA) is 95.7 Å². The summed E-state index contributed by atoms with van der Waals surface area (Å²) in [7, 11) is 0. The maximum Gasteiger partial charge on any atom is 0.253 e. The van der Waals surface area contributed by atoms with Gasteiger partial charge in [-0.05, 0) is 19.1 Å². The van der Waals surface area contributed by atoms with Crippen LogP contribution in [0.5, 0.6) is 0 Å². The average molecular weight is 318 g/mol. The van der Waals surface area contributed by atoms with Crippen molar-refractivity contribution in [2.75, 3.05) is 26.2 Å². The number of carbonyl (C=O) groups excluding carboxylic acids is 3. The molecule has 124 valence electrons. The molecule has 7 nitrogen and oxygen atoms in total. The molecule has 0 spiro atoms. The SMILES string of the molecule is Cc1ccc(C(=O)N2CCN(C(=O)CCC(=O)NN)CC2)cc1. The summed E-state index contributed by atoms with van der Waals surface area (Å²) >= 11 is 0. The first-order valence-corrected chi connectivity index (χ1v) is 7.64. The summed E-state index contributed by atoms with van der Waals surface area (Å²) in [5.41, 5.74) is 3.78. The van der Waals surface area contributed by atoms with E-state index >= 15 is 0 Å². The number of rotatable bonds is 4. The van der Waals surface area contributed by atoms with Crippen LogP contribution in [-0.2, 0) is 9.59 Å². The largest absolute Gasteiger partial charge is 0.339 e. The minimum atomic E-state index is -0.355. The van der Waals surface area contributed by atoms with Gasteiger partial charge >= 0.3 is 0 Å². The van der Waals surface area contributed by atoms with E-state index in [-0.39, 0.29) is 30.6 Å². The molecule has 0 radical (unpaired) electrons. The van der Waals surface area contributed by atoms with Crippen molar-refractivity contribution in [1.82, 2.24) is 15.2 Å². The summed E-state index contributed by atoms with van der Waals surface area (Å²) in [5.74, 6) is 4.53. The van der Waals surface area contributed by atoms with E-state index in [2.05, 4.69) is 0 Å². The summed E-state index contributed by atoms with van der Waals surface area (Å²) < 4.78 is 0. The van der Waals surface area contributed by atoms with Gasteiger partial charge in [-0.3, -0.25) is 19.8 Å². The van der Waals surface area contributed by atoms with Gasteiger partial charge in [0, 0.05) is 44.6 Å². The zero-order valence-electron chi connectivity index (χ0n) is 13.2. The van der Waals surface area contributed by atoms with Gasteiger partial charge in [-0.1, -0.05) is 17.7 Å². The van der Waals surface area contributed by atoms with Crippen LogP contribution in [-0.4, -0.2) is 53.7 Å². The highest BCUT2D eigenvalue weighted by atomic mass is 16.2. The third kappa shape index (κ3) is 4.53. The molecule has 7 heteroatoms. The Bertz CT molecular complexity index is 577. The number of hydrogen-bond donors (Lipinski definition) is 2. The van der Waals surface area contributed by atoms with Crippen LogP contribution in [0.15, 0.2) is 24.3 Å². The van der Waals surface area contributed by atoms with Crippen molar-refractivity contribution in [3.8, 4) is 0 Å². The van der Waals surface area contributed by atoms with Crippen LogP contribution in [0, 0.1) is 6.92 Å². The number of aryl methyl sites for hydroxylation is 1. The highest BCUT2D eigenvalue weighted by Crippen LogP contribution is 2.11. The number of hydrazine groups is 1. The zero-order valence-corrected chi connectivity index (χ0v) is 13.2. The van der Waals surface area contributed by atoms with Crippen LogP contribution in [0.25, 0.3) is 0 Å². The van der Waals surface area contributed by atoms with Gasteiger partial charge in [0.15, 0.2) is 0 Å². The minimum absolute atomic E-state index is 0.0143. The lowest BCUT2D eigenvalue weighted by Gasteiger charge is -2.34. The molecule has 23 heavy (non-hydrogen) atoms. The molecule has 0 atom stereocenters. The molecule has 1 aromatic rings. The standard InChI is InChI=1S/C16H22N4O3/c1-12-2-4-13(5-3-12)16(23)20-10-8-19(9-11-20)15(22)7-6-14(21)18-17/h2-5H,6-11,17H2,1H3,(H,18,21). The van der Waals surface area contributed by atoms with Crippen LogP contribution in [0.4, 0.5) is 0 Å². The normalized spacial score (nSPS) is 14.5. The highest BCUT2D eigenvalue weighted by molar-refractivity contribution is 5.94. The van der Waals surface area contributed by atoms with Crippen molar-refractivity contribution in [3.05, 3.63) is 35.4 Å². The molecule has 3 N–H and O–H groups in total. The van der Waals surface area contributed by atoms with Crippen LogP contribution < -0.4 is 11.3 Å². The first kappa shape index (κ1) is 17.0. The Morgan fingerprint density at radius 3 is 2.13 bits per heavy atom. The van der Waals surface area contributed by atoms with Crippen LogP contribution in [0.1, 0.15) is 28.8 Å². The number of carbonyl (C=O) groups is 3. The second-order valence-electron chi connectivity index (χ2n) is 5.61. The number of amides is 3. The van der Waals surface area contributed by atoms with E-state index in [1.807, 2.05) is 36.6 Å². The number of nitrogens with zero attached hydrogens (tertiary/aromatic N) is 2. The fourth-order valence-corrected chi connectivity index (χ4v) is 2.49. The lowest BCUT2D eigenvalue weighted by atomic mass is 10.1. The molecule has 0 unspecified atom stereocenters. The van der Waals surface area contributed by atoms with Gasteiger partial charge in [-0.2, -0.15) is 0 Å². The summed E-state index contributed by atoms with van der Waals surface area (Å²) in [4.78, 5) is 38.9. The highest BCUT2D eigenvalue weighted by Gasteiger charge is 2.24. The molecule has 3 amide bonds. The summed E-state index contributed by atoms with van der Waals surface area (Å²) in [6.45, 7) is 3.95. The smallest absolute Gasteiger partial charge is 0.253 e. The van der Waals surface area contributed by atoms with Crippen LogP contribution >= 0.6 is 0 Å². The second-order valence-corrected chi connectivity index (χ2v) is 5.61. The number of nitrogens with two attached hydrogens (primary N) is 1. The van der Waals surface area contributed by atoms with Crippen molar-refractivity contribution < 1.29 is 14.4 Å². The van der Waals surface area contributed by atoms with Crippen molar-refractivity contribution in [3.63, 3.8) is 0 Å². The second kappa shape index (κ2) is 7.73. The van der Waals surface area contributed by atoms with E-state index < -0.39 is 0 Å². The molecule has 1 fully saturated rings. The van der Waals surface area contributed by atoms with E-state index in [9.17, 15) is 14.4 Å². The summed E-state index contributed by atoms with van der Waals surface area (Å²) in [6.07, 6.45) is 0.215. The Hall–Kier alpha value is -2.41.